The van der Waals surface area contributed by atoms with Crippen LogP contribution in [0.2, 0.25) is 0 Å². The lowest BCUT2D eigenvalue weighted by atomic mass is 10.5. The third-order valence-corrected chi connectivity index (χ3v) is 2.91. The lowest BCUT2D eigenvalue weighted by Crippen LogP contribution is -2.12. The first-order valence-corrected chi connectivity index (χ1v) is 6.25. The first-order chi connectivity index (χ1) is 8.22. The van der Waals surface area contributed by atoms with Crippen LogP contribution in [0.3, 0.4) is 0 Å². The quantitative estimate of drug-likeness (QED) is 0.584. The molecule has 0 aliphatic carbocycles. The van der Waals surface area contributed by atoms with Gasteiger partial charge in [0.05, 0.1) is 12.7 Å². The molecule has 2 aromatic heterocycles. The van der Waals surface area contributed by atoms with Crippen LogP contribution in [0.1, 0.15) is 24.3 Å². The highest BCUT2D eigenvalue weighted by molar-refractivity contribution is 7.15. The van der Waals surface area contributed by atoms with Crippen molar-refractivity contribution in [3.05, 3.63) is 17.3 Å². The van der Waals surface area contributed by atoms with Crippen molar-refractivity contribution < 1.29 is 14.3 Å². The summed E-state index contributed by atoms with van der Waals surface area (Å²) in [6.07, 6.45) is 2.73. The summed E-state index contributed by atoms with van der Waals surface area (Å²) in [5.74, 6) is 0.374. The first kappa shape index (κ1) is 12.1. The number of hydrogen-bond acceptors (Lipinski definition) is 5. The van der Waals surface area contributed by atoms with Gasteiger partial charge in [0.15, 0.2) is 16.9 Å². The molecule has 0 amide bonds. The molecule has 2 rings (SSSR count). The molecule has 0 saturated heterocycles. The zero-order valence-corrected chi connectivity index (χ0v) is 10.6. The van der Waals surface area contributed by atoms with E-state index in [9.17, 15) is 4.79 Å². The molecule has 5 nitrogen and oxygen atoms in total. The molecule has 0 unspecified atom stereocenters. The molecule has 2 aromatic rings. The molecule has 0 spiro atoms. The Bertz CT molecular complexity index is 504. The van der Waals surface area contributed by atoms with Crippen LogP contribution in [0.15, 0.2) is 11.6 Å². The summed E-state index contributed by atoms with van der Waals surface area (Å²) >= 11 is 1.46. The van der Waals surface area contributed by atoms with Crippen LogP contribution < -0.4 is 4.74 Å². The molecule has 6 heteroatoms. The van der Waals surface area contributed by atoms with Gasteiger partial charge in [-0.1, -0.05) is 0 Å². The number of carbonyl (C=O) groups excluding carboxylic acids is 1. The van der Waals surface area contributed by atoms with Gasteiger partial charge in [-0.3, -0.25) is 9.20 Å². The van der Waals surface area contributed by atoms with Crippen molar-refractivity contribution in [3.8, 4) is 5.88 Å². The summed E-state index contributed by atoms with van der Waals surface area (Å²) < 4.78 is 12.5. The Morgan fingerprint density at radius 1 is 1.53 bits per heavy atom. The number of nitrogens with zero attached hydrogens (tertiary/aromatic N) is 2. The molecular weight excluding hydrogens is 240 g/mol. The highest BCUT2D eigenvalue weighted by Crippen LogP contribution is 2.21. The van der Waals surface area contributed by atoms with Crippen molar-refractivity contribution in [2.75, 3.05) is 13.2 Å². The molecule has 0 aliphatic rings. The van der Waals surface area contributed by atoms with Gasteiger partial charge >= 0.3 is 0 Å². The van der Waals surface area contributed by atoms with Crippen LogP contribution in [-0.2, 0) is 4.74 Å². The Morgan fingerprint density at radius 2 is 2.35 bits per heavy atom. The number of rotatable bonds is 6. The Morgan fingerprint density at radius 3 is 3.06 bits per heavy atom. The van der Waals surface area contributed by atoms with Gasteiger partial charge in [0.1, 0.15) is 6.61 Å². The molecule has 92 valence electrons. The predicted molar refractivity (Wildman–Crippen MR) is 65.0 cm³/mol. The minimum absolute atomic E-state index is 0.176. The van der Waals surface area contributed by atoms with Crippen LogP contribution in [-0.4, -0.2) is 35.0 Å². The van der Waals surface area contributed by atoms with Crippen molar-refractivity contribution >= 4 is 22.6 Å². The number of thiazole rings is 1. The van der Waals surface area contributed by atoms with Gasteiger partial charge in [0.2, 0.25) is 5.88 Å². The minimum Gasteiger partial charge on any atom is -0.474 e. The highest BCUT2D eigenvalue weighted by Gasteiger charge is 2.13. The van der Waals surface area contributed by atoms with E-state index in [1.807, 2.05) is 19.2 Å². The normalized spacial score (nSPS) is 11.2. The van der Waals surface area contributed by atoms with Crippen LogP contribution in [0, 0.1) is 0 Å². The van der Waals surface area contributed by atoms with Gasteiger partial charge in [0, 0.05) is 11.6 Å². The second kappa shape index (κ2) is 5.29. The molecule has 0 saturated carbocycles. The summed E-state index contributed by atoms with van der Waals surface area (Å²) in [7, 11) is 0. The fraction of sp³-hybridized carbons (Fsp3) is 0.455. The minimum atomic E-state index is 0.176. The molecule has 0 N–H and O–H groups in total. The second-order valence-electron chi connectivity index (χ2n) is 3.74. The number of aromatic nitrogens is 2. The van der Waals surface area contributed by atoms with Crippen molar-refractivity contribution in [1.82, 2.24) is 9.38 Å². The third-order valence-electron chi connectivity index (χ3n) is 2.15. The van der Waals surface area contributed by atoms with E-state index < -0.39 is 0 Å². The summed E-state index contributed by atoms with van der Waals surface area (Å²) in [4.78, 5) is 16.0. The van der Waals surface area contributed by atoms with Crippen LogP contribution >= 0.6 is 11.3 Å². The van der Waals surface area contributed by atoms with Crippen molar-refractivity contribution in [2.45, 2.75) is 20.0 Å². The van der Waals surface area contributed by atoms with Gasteiger partial charge in [0.25, 0.3) is 0 Å². The molecule has 0 aromatic carbocycles. The van der Waals surface area contributed by atoms with E-state index in [1.165, 1.54) is 11.3 Å². The molecular formula is C11H14N2O3S. The Hall–Kier alpha value is -1.40. The lowest BCUT2D eigenvalue weighted by molar-refractivity contribution is 0.0541. The standard InChI is InChI=1S/C11H14N2O3S/c1-8(2)15-4-5-16-10-9(7-14)13-3-6-17-11(13)12-10/h3,6-8H,4-5H2,1-2H3. The highest BCUT2D eigenvalue weighted by atomic mass is 32.1. The average Bonchev–Trinajstić information content (AvgIpc) is 2.83. The number of imidazole rings is 1. The van der Waals surface area contributed by atoms with Crippen LogP contribution in [0.4, 0.5) is 0 Å². The largest absolute Gasteiger partial charge is 0.474 e. The zero-order valence-electron chi connectivity index (χ0n) is 9.75. The van der Waals surface area contributed by atoms with E-state index in [1.54, 1.807) is 10.6 Å². The van der Waals surface area contributed by atoms with E-state index in [-0.39, 0.29) is 6.10 Å². The van der Waals surface area contributed by atoms with Gasteiger partial charge in [-0.15, -0.1) is 11.3 Å². The van der Waals surface area contributed by atoms with Gasteiger partial charge < -0.3 is 9.47 Å². The van der Waals surface area contributed by atoms with Crippen LogP contribution in [0.5, 0.6) is 5.88 Å². The van der Waals surface area contributed by atoms with E-state index in [0.29, 0.717) is 24.8 Å². The smallest absolute Gasteiger partial charge is 0.244 e. The molecule has 17 heavy (non-hydrogen) atoms. The number of aldehydes is 1. The third kappa shape index (κ3) is 2.65. The zero-order chi connectivity index (χ0) is 12.3. The summed E-state index contributed by atoms with van der Waals surface area (Å²) in [5, 5.41) is 1.88. The molecule has 0 radical (unpaired) electrons. The van der Waals surface area contributed by atoms with Crippen molar-refractivity contribution in [1.29, 1.82) is 0 Å². The van der Waals surface area contributed by atoms with Crippen molar-refractivity contribution in [3.63, 3.8) is 0 Å². The monoisotopic (exact) mass is 254 g/mol. The fourth-order valence-electron chi connectivity index (χ4n) is 1.42. The lowest BCUT2D eigenvalue weighted by Gasteiger charge is -2.07. The maximum absolute atomic E-state index is 11.0. The molecule has 0 aliphatic heterocycles. The van der Waals surface area contributed by atoms with Gasteiger partial charge in [-0.25, -0.2) is 0 Å². The molecule has 0 fully saturated rings. The second-order valence-corrected chi connectivity index (χ2v) is 4.62. The topological polar surface area (TPSA) is 52.8 Å². The summed E-state index contributed by atoms with van der Waals surface area (Å²) in [6, 6.07) is 0. The number of fused-ring (bicyclic) bond motifs is 1. The van der Waals surface area contributed by atoms with Crippen LogP contribution in [0.25, 0.3) is 4.96 Å². The fourth-order valence-corrected chi connectivity index (χ4v) is 2.13. The Kier molecular flexibility index (Phi) is 3.75. The molecule has 0 atom stereocenters. The molecule has 0 bridgehead atoms. The van der Waals surface area contributed by atoms with Crippen molar-refractivity contribution in [2.24, 2.45) is 0 Å². The average molecular weight is 254 g/mol. The van der Waals surface area contributed by atoms with E-state index in [2.05, 4.69) is 4.98 Å². The summed E-state index contributed by atoms with van der Waals surface area (Å²) in [6.45, 7) is 4.80. The van der Waals surface area contributed by atoms with E-state index in [0.717, 1.165) is 11.2 Å². The van der Waals surface area contributed by atoms with E-state index >= 15 is 0 Å². The molecule has 2 heterocycles. The Balaban J connectivity index is 2.02. The predicted octanol–water partition coefficient (Wildman–Crippen LogP) is 2.01. The van der Waals surface area contributed by atoms with Gasteiger partial charge in [-0.2, -0.15) is 4.98 Å². The number of hydrogen-bond donors (Lipinski definition) is 0. The number of carbonyl (C=O) groups is 1. The van der Waals surface area contributed by atoms with E-state index in [4.69, 9.17) is 9.47 Å². The maximum Gasteiger partial charge on any atom is 0.244 e. The van der Waals surface area contributed by atoms with Gasteiger partial charge in [-0.05, 0) is 13.8 Å². The summed E-state index contributed by atoms with van der Waals surface area (Å²) in [5.41, 5.74) is 0.450. The Labute approximate surface area is 103 Å². The SMILES string of the molecule is CC(C)OCCOc1nc2sccn2c1C=O. The maximum atomic E-state index is 11.0. The number of ether oxygens (including phenoxy) is 2. The first-order valence-electron chi connectivity index (χ1n) is 5.37.